The Morgan fingerprint density at radius 1 is 0.931 bits per heavy atom. The highest BCUT2D eigenvalue weighted by Gasteiger charge is 2.37. The minimum atomic E-state index is 0.620. The molecule has 0 amide bonds. The molecule has 2 atom stereocenters. The molecule has 4 heterocycles. The lowest BCUT2D eigenvalue weighted by Gasteiger charge is -2.35. The van der Waals surface area contributed by atoms with Gasteiger partial charge in [-0.1, -0.05) is 0 Å². The van der Waals surface area contributed by atoms with Crippen LogP contribution in [-0.2, 0) is 13.1 Å². The van der Waals surface area contributed by atoms with Crippen LogP contribution in [0.5, 0.6) is 0 Å². The van der Waals surface area contributed by atoms with E-state index in [0.29, 0.717) is 12.1 Å². The topological polar surface area (TPSA) is 47.5 Å². The lowest BCUT2D eigenvalue weighted by Crippen LogP contribution is -2.45. The molecule has 0 saturated carbocycles. The van der Waals surface area contributed by atoms with Crippen molar-refractivity contribution in [1.29, 1.82) is 0 Å². The summed E-state index contributed by atoms with van der Waals surface area (Å²) in [5, 5.41) is 3.23. The minimum absolute atomic E-state index is 0.620. The molecule has 2 aromatic rings. The lowest BCUT2D eigenvalue weighted by atomic mass is 10.0. The van der Waals surface area contributed by atoms with Crippen molar-refractivity contribution < 1.29 is 0 Å². The fourth-order valence-electron chi connectivity index (χ4n) is 4.93. The van der Waals surface area contributed by atoms with Crippen molar-refractivity contribution in [1.82, 2.24) is 19.8 Å². The van der Waals surface area contributed by atoms with Gasteiger partial charge in [-0.2, -0.15) is 0 Å². The fourth-order valence-corrected chi connectivity index (χ4v) is 4.93. The predicted molar refractivity (Wildman–Crippen MR) is 119 cm³/mol. The third kappa shape index (κ3) is 4.70. The Balaban J connectivity index is 1.45. The highest BCUT2D eigenvalue weighted by Crippen LogP contribution is 2.32. The Bertz CT molecular complexity index is 807. The summed E-state index contributed by atoms with van der Waals surface area (Å²) in [5.74, 6) is 0. The third-order valence-corrected chi connectivity index (χ3v) is 6.42. The zero-order valence-electron chi connectivity index (χ0n) is 18.0. The molecule has 2 saturated heterocycles. The summed E-state index contributed by atoms with van der Waals surface area (Å²) in [5.41, 5.74) is 4.70. The average Bonchev–Trinajstić information content (AvgIpc) is 3.37. The average molecular weight is 395 g/mol. The number of nitrogens with zero attached hydrogens (tertiary/aromatic N) is 5. The summed E-state index contributed by atoms with van der Waals surface area (Å²) < 4.78 is 0. The van der Waals surface area contributed by atoms with E-state index in [2.05, 4.69) is 62.3 Å². The van der Waals surface area contributed by atoms with Gasteiger partial charge in [0.1, 0.15) is 0 Å². The highest BCUT2D eigenvalue weighted by atomic mass is 15.3. The standard InChI is InChI=1S/C23H34N6/c1-24-18-8-10-25-19(14-18)16-28-12-4-6-22(28)23-7-5-13-29(23)17-20-15-21(27(2)3)9-11-26-20/h8-11,14-15,22-23H,4-7,12-13,16-17H2,1-3H3,(H,24,25)/t22-,23-/m0/s1. The molecule has 0 radical (unpaired) electrons. The number of anilines is 2. The molecule has 29 heavy (non-hydrogen) atoms. The molecule has 4 rings (SSSR count). The molecule has 0 bridgehead atoms. The maximum absolute atomic E-state index is 4.65. The van der Waals surface area contributed by atoms with Gasteiger partial charge in [-0.3, -0.25) is 19.8 Å². The Labute approximate surface area is 174 Å². The molecule has 2 fully saturated rings. The summed E-state index contributed by atoms with van der Waals surface area (Å²) in [6, 6.07) is 9.76. The van der Waals surface area contributed by atoms with E-state index in [1.165, 1.54) is 50.2 Å². The monoisotopic (exact) mass is 394 g/mol. The summed E-state index contributed by atoms with van der Waals surface area (Å²) in [4.78, 5) is 16.7. The molecular formula is C23H34N6. The van der Waals surface area contributed by atoms with Crippen LogP contribution in [0.25, 0.3) is 0 Å². The van der Waals surface area contributed by atoms with Crippen molar-refractivity contribution in [2.24, 2.45) is 0 Å². The van der Waals surface area contributed by atoms with Crippen LogP contribution in [0.1, 0.15) is 37.1 Å². The van der Waals surface area contributed by atoms with Crippen LogP contribution >= 0.6 is 0 Å². The van der Waals surface area contributed by atoms with Gasteiger partial charge in [-0.05, 0) is 63.0 Å². The maximum Gasteiger partial charge on any atom is 0.0564 e. The molecule has 2 aliphatic rings. The quantitative estimate of drug-likeness (QED) is 0.778. The largest absolute Gasteiger partial charge is 0.388 e. The van der Waals surface area contributed by atoms with E-state index in [-0.39, 0.29) is 0 Å². The molecule has 156 valence electrons. The summed E-state index contributed by atoms with van der Waals surface area (Å²) in [7, 11) is 6.14. The summed E-state index contributed by atoms with van der Waals surface area (Å²) in [6.45, 7) is 4.24. The molecule has 0 aliphatic carbocycles. The van der Waals surface area contributed by atoms with Crippen molar-refractivity contribution in [3.05, 3.63) is 48.0 Å². The molecule has 6 heteroatoms. The Morgan fingerprint density at radius 2 is 1.52 bits per heavy atom. The van der Waals surface area contributed by atoms with Crippen LogP contribution in [0, 0.1) is 0 Å². The summed E-state index contributed by atoms with van der Waals surface area (Å²) >= 11 is 0. The number of hydrogen-bond donors (Lipinski definition) is 1. The van der Waals surface area contributed by atoms with Gasteiger partial charge in [-0.25, -0.2) is 0 Å². The van der Waals surface area contributed by atoms with Gasteiger partial charge in [0.05, 0.1) is 11.4 Å². The Hall–Kier alpha value is -2.18. The van der Waals surface area contributed by atoms with Crippen LogP contribution in [0.2, 0.25) is 0 Å². The lowest BCUT2D eigenvalue weighted by molar-refractivity contribution is 0.122. The zero-order chi connectivity index (χ0) is 20.2. The Morgan fingerprint density at radius 3 is 2.10 bits per heavy atom. The van der Waals surface area contributed by atoms with Gasteiger partial charge < -0.3 is 10.2 Å². The molecule has 1 N–H and O–H groups in total. The van der Waals surface area contributed by atoms with Crippen LogP contribution in [0.4, 0.5) is 11.4 Å². The smallest absolute Gasteiger partial charge is 0.0564 e. The molecular weight excluding hydrogens is 360 g/mol. The van der Waals surface area contributed by atoms with Crippen LogP contribution in [0.15, 0.2) is 36.7 Å². The maximum atomic E-state index is 4.65. The second-order valence-electron chi connectivity index (χ2n) is 8.55. The van der Waals surface area contributed by atoms with Gasteiger partial charge in [0.15, 0.2) is 0 Å². The van der Waals surface area contributed by atoms with Gasteiger partial charge >= 0.3 is 0 Å². The first-order valence-corrected chi connectivity index (χ1v) is 10.9. The molecule has 0 unspecified atom stereocenters. The van der Waals surface area contributed by atoms with Crippen molar-refractivity contribution >= 4 is 11.4 Å². The predicted octanol–water partition coefficient (Wildman–Crippen LogP) is 3.21. The number of aromatic nitrogens is 2. The number of rotatable bonds is 7. The molecule has 2 aliphatic heterocycles. The molecule has 2 aromatic heterocycles. The highest BCUT2D eigenvalue weighted by molar-refractivity contribution is 5.44. The number of nitrogens with one attached hydrogen (secondary N) is 1. The van der Waals surface area contributed by atoms with Crippen LogP contribution < -0.4 is 10.2 Å². The van der Waals surface area contributed by atoms with Crippen molar-refractivity contribution in [3.8, 4) is 0 Å². The normalized spacial score (nSPS) is 22.9. The molecule has 0 spiro atoms. The van der Waals surface area contributed by atoms with E-state index in [9.17, 15) is 0 Å². The van der Waals surface area contributed by atoms with Gasteiger partial charge in [-0.15, -0.1) is 0 Å². The van der Waals surface area contributed by atoms with Gasteiger partial charge in [0.25, 0.3) is 0 Å². The first-order valence-electron chi connectivity index (χ1n) is 10.9. The third-order valence-electron chi connectivity index (χ3n) is 6.42. The zero-order valence-corrected chi connectivity index (χ0v) is 18.0. The minimum Gasteiger partial charge on any atom is -0.388 e. The number of likely N-dealkylation sites (tertiary alicyclic amines) is 2. The van der Waals surface area contributed by atoms with Gasteiger partial charge in [0.2, 0.25) is 0 Å². The first-order chi connectivity index (χ1) is 14.1. The van der Waals surface area contributed by atoms with E-state index < -0.39 is 0 Å². The second-order valence-corrected chi connectivity index (χ2v) is 8.55. The van der Waals surface area contributed by atoms with Crippen LogP contribution in [-0.4, -0.2) is 66.1 Å². The summed E-state index contributed by atoms with van der Waals surface area (Å²) in [6.07, 6.45) is 9.01. The van der Waals surface area contributed by atoms with E-state index in [4.69, 9.17) is 0 Å². The van der Waals surface area contributed by atoms with Gasteiger partial charge in [0, 0.05) is 70.1 Å². The Kier molecular flexibility index (Phi) is 6.31. The SMILES string of the molecule is CNc1ccnc(CN2CCC[C@H]2[C@@H]2CCCN2Cc2cc(N(C)C)ccn2)c1. The molecule has 0 aromatic carbocycles. The fraction of sp³-hybridized carbons (Fsp3) is 0.565. The van der Waals surface area contributed by atoms with E-state index in [1.54, 1.807) is 0 Å². The number of pyridine rings is 2. The van der Waals surface area contributed by atoms with Crippen LogP contribution in [0.3, 0.4) is 0 Å². The number of hydrogen-bond acceptors (Lipinski definition) is 6. The van der Waals surface area contributed by atoms with E-state index in [0.717, 1.165) is 24.5 Å². The van der Waals surface area contributed by atoms with Crippen molar-refractivity contribution in [3.63, 3.8) is 0 Å². The van der Waals surface area contributed by atoms with Crippen molar-refractivity contribution in [2.75, 3.05) is 44.4 Å². The van der Waals surface area contributed by atoms with E-state index >= 15 is 0 Å². The second kappa shape index (κ2) is 9.09. The van der Waals surface area contributed by atoms with Crippen molar-refractivity contribution in [2.45, 2.75) is 50.9 Å². The molecule has 6 nitrogen and oxygen atoms in total. The van der Waals surface area contributed by atoms with E-state index in [1.807, 2.05) is 25.5 Å². The first kappa shape index (κ1) is 20.1.